The molecule has 0 heterocycles. The highest BCUT2D eigenvalue weighted by Crippen LogP contribution is 2.14. The average Bonchev–Trinajstić information content (AvgIpc) is 2.29. The summed E-state index contributed by atoms with van der Waals surface area (Å²) in [6, 6.07) is 3.70. The summed E-state index contributed by atoms with van der Waals surface area (Å²) in [5.74, 6) is -1.28. The van der Waals surface area contributed by atoms with Gasteiger partial charge in [0.05, 0.1) is 18.3 Å². The number of nitrogens with one attached hydrogen (secondary N) is 1. The topological polar surface area (TPSA) is 58.6 Å². The number of hydrogen-bond donors (Lipinski definition) is 2. The second-order valence-corrected chi connectivity index (χ2v) is 3.88. The number of ether oxygens (including phenoxy) is 1. The largest absolute Gasteiger partial charge is 0.389 e. The van der Waals surface area contributed by atoms with Gasteiger partial charge in [0.1, 0.15) is 5.82 Å². The monoisotopic (exact) mass is 261 g/mol. The van der Waals surface area contributed by atoms with Crippen LogP contribution in [0.3, 0.4) is 0 Å². The van der Waals surface area contributed by atoms with Crippen molar-refractivity contribution in [3.05, 3.63) is 34.6 Å². The summed E-state index contributed by atoms with van der Waals surface area (Å²) >= 11 is 5.66. The van der Waals surface area contributed by atoms with E-state index >= 15 is 0 Å². The van der Waals surface area contributed by atoms with Crippen LogP contribution >= 0.6 is 11.6 Å². The number of aliphatic hydroxyl groups excluding tert-OH is 1. The lowest BCUT2D eigenvalue weighted by Crippen LogP contribution is -2.34. The Morgan fingerprint density at radius 2 is 2.35 bits per heavy atom. The van der Waals surface area contributed by atoms with Gasteiger partial charge in [-0.1, -0.05) is 11.6 Å². The van der Waals surface area contributed by atoms with E-state index < -0.39 is 17.8 Å². The van der Waals surface area contributed by atoms with Crippen LogP contribution in [0.5, 0.6) is 0 Å². The van der Waals surface area contributed by atoms with E-state index in [-0.39, 0.29) is 23.7 Å². The second kappa shape index (κ2) is 6.54. The third kappa shape index (κ3) is 4.30. The second-order valence-electron chi connectivity index (χ2n) is 3.44. The van der Waals surface area contributed by atoms with Gasteiger partial charge in [-0.05, 0) is 18.2 Å². The van der Waals surface area contributed by atoms with E-state index in [9.17, 15) is 14.3 Å². The quantitative estimate of drug-likeness (QED) is 0.838. The molecule has 4 nitrogen and oxygen atoms in total. The van der Waals surface area contributed by atoms with Crippen LogP contribution in [0.4, 0.5) is 4.39 Å². The molecule has 0 aliphatic carbocycles. The maximum Gasteiger partial charge on any atom is 0.254 e. The van der Waals surface area contributed by atoms with Crippen molar-refractivity contribution >= 4 is 17.5 Å². The van der Waals surface area contributed by atoms with Crippen molar-refractivity contribution in [2.75, 3.05) is 20.3 Å². The Morgan fingerprint density at radius 3 is 3.00 bits per heavy atom. The fourth-order valence-electron chi connectivity index (χ4n) is 1.23. The molecule has 2 N–H and O–H groups in total. The van der Waals surface area contributed by atoms with Crippen LogP contribution in [0.15, 0.2) is 18.2 Å². The molecule has 17 heavy (non-hydrogen) atoms. The van der Waals surface area contributed by atoms with Gasteiger partial charge in [-0.2, -0.15) is 0 Å². The number of methoxy groups -OCH3 is 1. The lowest BCUT2D eigenvalue weighted by atomic mass is 10.2. The van der Waals surface area contributed by atoms with Gasteiger partial charge in [0.25, 0.3) is 5.91 Å². The standard InChI is InChI=1S/C11H13ClFNO3/c1-17-6-8(15)5-14-11(16)9-4-7(12)2-3-10(9)13/h2-4,8,15H,5-6H2,1H3,(H,14,16). The minimum atomic E-state index is -0.828. The van der Waals surface area contributed by atoms with Crippen LogP contribution in [-0.4, -0.2) is 37.4 Å². The van der Waals surface area contributed by atoms with E-state index in [1.54, 1.807) is 0 Å². The van der Waals surface area contributed by atoms with Gasteiger partial charge in [0, 0.05) is 18.7 Å². The smallest absolute Gasteiger partial charge is 0.254 e. The third-order valence-electron chi connectivity index (χ3n) is 2.03. The number of aliphatic hydroxyl groups is 1. The van der Waals surface area contributed by atoms with E-state index in [4.69, 9.17) is 11.6 Å². The minimum Gasteiger partial charge on any atom is -0.389 e. The Bertz CT molecular complexity index is 400. The number of halogens is 2. The first-order chi connectivity index (χ1) is 8.04. The molecule has 6 heteroatoms. The molecule has 0 saturated carbocycles. The molecule has 0 fully saturated rings. The molecule has 0 aliphatic rings. The van der Waals surface area contributed by atoms with E-state index in [1.165, 1.54) is 19.2 Å². The number of benzene rings is 1. The maximum absolute atomic E-state index is 13.3. The highest BCUT2D eigenvalue weighted by Gasteiger charge is 2.13. The molecule has 0 saturated heterocycles. The van der Waals surface area contributed by atoms with Crippen LogP contribution in [0.2, 0.25) is 5.02 Å². The van der Waals surface area contributed by atoms with Gasteiger partial charge < -0.3 is 15.2 Å². The summed E-state index contributed by atoms with van der Waals surface area (Å²) in [5, 5.41) is 12.0. The van der Waals surface area contributed by atoms with E-state index in [2.05, 4.69) is 10.1 Å². The van der Waals surface area contributed by atoms with Crippen molar-refractivity contribution in [3.8, 4) is 0 Å². The van der Waals surface area contributed by atoms with E-state index in [0.717, 1.165) is 6.07 Å². The van der Waals surface area contributed by atoms with E-state index in [0.29, 0.717) is 0 Å². The minimum absolute atomic E-state index is 0.0153. The van der Waals surface area contributed by atoms with Gasteiger partial charge in [0.2, 0.25) is 0 Å². The zero-order valence-electron chi connectivity index (χ0n) is 9.24. The Kier molecular flexibility index (Phi) is 5.34. The lowest BCUT2D eigenvalue weighted by Gasteiger charge is -2.11. The summed E-state index contributed by atoms with van der Waals surface area (Å²) in [6.45, 7) is 0.0803. The first kappa shape index (κ1) is 13.9. The highest BCUT2D eigenvalue weighted by molar-refractivity contribution is 6.30. The Hall–Kier alpha value is -1.17. The summed E-state index contributed by atoms with van der Waals surface area (Å²) < 4.78 is 18.0. The molecular formula is C11H13ClFNO3. The SMILES string of the molecule is COCC(O)CNC(=O)c1cc(Cl)ccc1F. The number of hydrogen-bond acceptors (Lipinski definition) is 3. The fourth-order valence-corrected chi connectivity index (χ4v) is 1.40. The van der Waals surface area contributed by atoms with Crippen molar-refractivity contribution in [3.63, 3.8) is 0 Å². The van der Waals surface area contributed by atoms with Crippen LogP contribution < -0.4 is 5.32 Å². The lowest BCUT2D eigenvalue weighted by molar-refractivity contribution is 0.0609. The van der Waals surface area contributed by atoms with Crippen molar-refractivity contribution in [2.24, 2.45) is 0 Å². The number of amides is 1. The van der Waals surface area contributed by atoms with Crippen molar-refractivity contribution in [1.29, 1.82) is 0 Å². The van der Waals surface area contributed by atoms with Crippen molar-refractivity contribution < 1.29 is 19.0 Å². The Morgan fingerprint density at radius 1 is 1.65 bits per heavy atom. The predicted molar refractivity (Wildman–Crippen MR) is 61.6 cm³/mol. The molecule has 94 valence electrons. The van der Waals surface area contributed by atoms with E-state index in [1.807, 2.05) is 0 Å². The van der Waals surface area contributed by atoms with Gasteiger partial charge in [-0.25, -0.2) is 4.39 Å². The molecule has 0 aromatic heterocycles. The average molecular weight is 262 g/mol. The molecule has 1 atom stereocenters. The molecular weight excluding hydrogens is 249 g/mol. The molecule has 1 aromatic carbocycles. The van der Waals surface area contributed by atoms with Gasteiger partial charge in [0.15, 0.2) is 0 Å². The Balaban J connectivity index is 2.61. The molecule has 1 rings (SSSR count). The number of carbonyl (C=O) groups excluding carboxylic acids is 1. The zero-order chi connectivity index (χ0) is 12.8. The summed E-state index contributed by atoms with van der Waals surface area (Å²) in [7, 11) is 1.43. The van der Waals surface area contributed by atoms with Crippen LogP contribution in [0, 0.1) is 5.82 Å². The summed E-state index contributed by atoms with van der Waals surface area (Å²) in [6.07, 6.45) is -0.828. The molecule has 0 spiro atoms. The number of carbonyl (C=O) groups is 1. The van der Waals surface area contributed by atoms with Gasteiger partial charge in [-0.3, -0.25) is 4.79 Å². The van der Waals surface area contributed by atoms with Gasteiger partial charge >= 0.3 is 0 Å². The van der Waals surface area contributed by atoms with Gasteiger partial charge in [-0.15, -0.1) is 0 Å². The fraction of sp³-hybridized carbons (Fsp3) is 0.364. The highest BCUT2D eigenvalue weighted by atomic mass is 35.5. The summed E-state index contributed by atoms with van der Waals surface area (Å²) in [4.78, 5) is 11.6. The zero-order valence-corrected chi connectivity index (χ0v) is 10.00. The molecule has 0 bridgehead atoms. The third-order valence-corrected chi connectivity index (χ3v) is 2.27. The first-order valence-corrected chi connectivity index (χ1v) is 5.32. The maximum atomic E-state index is 13.3. The normalized spacial score (nSPS) is 12.2. The van der Waals surface area contributed by atoms with Crippen molar-refractivity contribution in [1.82, 2.24) is 5.32 Å². The van der Waals surface area contributed by atoms with Crippen LogP contribution in [-0.2, 0) is 4.74 Å². The van der Waals surface area contributed by atoms with Crippen LogP contribution in [0.25, 0.3) is 0 Å². The molecule has 1 unspecified atom stereocenters. The van der Waals surface area contributed by atoms with Crippen LogP contribution in [0.1, 0.15) is 10.4 Å². The summed E-state index contributed by atoms with van der Waals surface area (Å²) in [5.41, 5.74) is -0.151. The predicted octanol–water partition coefficient (Wildman–Crippen LogP) is 1.22. The number of rotatable bonds is 5. The van der Waals surface area contributed by atoms with Crippen molar-refractivity contribution in [2.45, 2.75) is 6.10 Å². The Labute approximate surface area is 103 Å². The molecule has 1 aromatic rings. The molecule has 0 radical (unpaired) electrons. The molecule has 1 amide bonds. The molecule has 0 aliphatic heterocycles. The first-order valence-electron chi connectivity index (χ1n) is 4.95.